The van der Waals surface area contributed by atoms with Gasteiger partial charge in [0.2, 0.25) is 0 Å². The van der Waals surface area contributed by atoms with Crippen LogP contribution in [-0.2, 0) is 9.47 Å². The topological polar surface area (TPSA) is 175 Å². The van der Waals surface area contributed by atoms with Gasteiger partial charge in [-0.3, -0.25) is 9.59 Å². The van der Waals surface area contributed by atoms with E-state index in [0.29, 0.717) is 96.7 Å². The van der Waals surface area contributed by atoms with E-state index >= 15 is 0 Å². The van der Waals surface area contributed by atoms with Gasteiger partial charge in [-0.25, -0.2) is 28.7 Å². The van der Waals surface area contributed by atoms with E-state index in [9.17, 15) is 28.4 Å². The lowest BCUT2D eigenvalue weighted by atomic mass is 9.77. The summed E-state index contributed by atoms with van der Waals surface area (Å²) in [4.78, 5) is 47.0. The lowest BCUT2D eigenvalue weighted by Crippen LogP contribution is -2.36. The number of thioether (sulfide) groups is 2. The number of hydrogen-bond acceptors (Lipinski definition) is 14. The number of anilines is 4. The maximum atomic E-state index is 14.4. The van der Waals surface area contributed by atoms with Crippen molar-refractivity contribution in [3.63, 3.8) is 0 Å². The second kappa shape index (κ2) is 24.9. The van der Waals surface area contributed by atoms with Crippen LogP contribution in [0.3, 0.4) is 0 Å². The highest BCUT2D eigenvalue weighted by Crippen LogP contribution is 2.34. The Kier molecular flexibility index (Phi) is 18.0. The normalized spacial score (nSPS) is 13.4. The monoisotopic (exact) mass is 1120 g/mol. The smallest absolute Gasteiger partial charge is 0.423 e. The zero-order valence-electron chi connectivity index (χ0n) is 39.1. The summed E-state index contributed by atoms with van der Waals surface area (Å²) in [5.41, 5.74) is 5.08. The van der Waals surface area contributed by atoms with Crippen molar-refractivity contribution in [1.29, 1.82) is 0 Å². The molecule has 6 aromatic carbocycles. The fraction of sp³-hybridized carbons (Fsp3) is 0.192. The molecular weight excluding hydrogens is 1070 g/mol. The number of benzene rings is 6. The Morgan fingerprint density at radius 3 is 1.58 bits per heavy atom. The van der Waals surface area contributed by atoms with Crippen molar-refractivity contribution in [2.45, 2.75) is 10.3 Å². The molecular formula is C52H48BF2IN8O6S2. The van der Waals surface area contributed by atoms with Gasteiger partial charge >= 0.3 is 7.12 Å². The molecule has 2 saturated heterocycles. The van der Waals surface area contributed by atoms with Gasteiger partial charge in [-0.1, -0.05) is 84.2 Å². The van der Waals surface area contributed by atoms with Gasteiger partial charge in [-0.15, -0.1) is 0 Å². The molecule has 4 N–H and O–H groups in total. The maximum absolute atomic E-state index is 14.4. The van der Waals surface area contributed by atoms with Crippen molar-refractivity contribution >= 4 is 115 Å². The molecule has 10 rings (SSSR count). The molecule has 0 aliphatic carbocycles. The molecule has 0 radical (unpaired) electrons. The molecule has 2 aliphatic rings. The van der Waals surface area contributed by atoms with E-state index in [2.05, 4.69) is 53.2 Å². The fourth-order valence-electron chi connectivity index (χ4n) is 8.10. The number of ether oxygens (including phenoxy) is 2. The number of carbonyl (C=O) groups is 2. The summed E-state index contributed by atoms with van der Waals surface area (Å²) in [6, 6.07) is 34.4. The zero-order chi connectivity index (χ0) is 50.6. The lowest BCUT2D eigenvalue weighted by molar-refractivity contribution is 0.101. The van der Waals surface area contributed by atoms with Gasteiger partial charge in [0.25, 0.3) is 11.8 Å². The highest BCUT2D eigenvalue weighted by atomic mass is 127. The van der Waals surface area contributed by atoms with Crippen LogP contribution in [0.1, 0.15) is 20.7 Å². The highest BCUT2D eigenvalue weighted by molar-refractivity contribution is 14.1. The number of aromatic nitrogens is 4. The van der Waals surface area contributed by atoms with Gasteiger partial charge in [0, 0.05) is 88.8 Å². The Morgan fingerprint density at radius 2 is 1.08 bits per heavy atom. The van der Waals surface area contributed by atoms with Crippen molar-refractivity contribution in [1.82, 2.24) is 19.9 Å². The Labute approximate surface area is 437 Å². The van der Waals surface area contributed by atoms with E-state index in [1.54, 1.807) is 72.7 Å². The van der Waals surface area contributed by atoms with Gasteiger partial charge in [-0.05, 0) is 112 Å². The van der Waals surface area contributed by atoms with Crippen molar-refractivity contribution in [2.24, 2.45) is 0 Å². The van der Waals surface area contributed by atoms with Crippen LogP contribution >= 0.6 is 46.1 Å². The summed E-state index contributed by atoms with van der Waals surface area (Å²) in [7, 11) is -1.62. The third-order valence-corrected chi connectivity index (χ3v) is 13.3. The molecule has 2 fully saturated rings. The first kappa shape index (κ1) is 52.1. The summed E-state index contributed by atoms with van der Waals surface area (Å²) < 4.78 is 40.3. The number of rotatable bonds is 10. The van der Waals surface area contributed by atoms with Crippen molar-refractivity contribution in [2.75, 3.05) is 85.6 Å². The average molecular weight is 1120 g/mol. The molecule has 0 unspecified atom stereocenters. The number of carbonyl (C=O) groups excluding carboxylic acids is 2. The van der Waals surface area contributed by atoms with Crippen molar-refractivity contribution in [3.05, 3.63) is 160 Å². The summed E-state index contributed by atoms with van der Waals surface area (Å²) >= 11 is 5.20. The predicted octanol–water partition coefficient (Wildman–Crippen LogP) is 8.80. The van der Waals surface area contributed by atoms with E-state index in [0.717, 1.165) is 30.9 Å². The van der Waals surface area contributed by atoms with Crippen LogP contribution in [0.25, 0.3) is 32.8 Å². The highest BCUT2D eigenvalue weighted by Gasteiger charge is 2.21. The van der Waals surface area contributed by atoms with Crippen LogP contribution in [0.4, 0.5) is 31.5 Å². The largest absolute Gasteiger partial charge is 0.489 e. The summed E-state index contributed by atoms with van der Waals surface area (Å²) in [5, 5.41) is 29.6. The van der Waals surface area contributed by atoms with Crippen molar-refractivity contribution in [3.8, 4) is 11.3 Å². The molecule has 14 nitrogen and oxygen atoms in total. The number of morpholine rings is 2. The minimum atomic E-state index is -1.62. The number of fused-ring (bicyclic) bond motifs is 2. The molecule has 0 saturated carbocycles. The number of hydrogen-bond donors (Lipinski definition) is 4. The first-order valence-electron chi connectivity index (χ1n) is 22.7. The van der Waals surface area contributed by atoms with Crippen LogP contribution in [0.2, 0.25) is 0 Å². The predicted molar refractivity (Wildman–Crippen MR) is 292 cm³/mol. The molecule has 72 heavy (non-hydrogen) atoms. The number of nitrogens with zero attached hydrogens (tertiary/aromatic N) is 6. The minimum Gasteiger partial charge on any atom is -0.423 e. The Bertz CT molecular complexity index is 3210. The molecule has 2 aromatic heterocycles. The maximum Gasteiger partial charge on any atom is 0.489 e. The van der Waals surface area contributed by atoms with E-state index in [-0.39, 0.29) is 17.0 Å². The summed E-state index contributed by atoms with van der Waals surface area (Å²) in [6.07, 6.45) is 7.41. The van der Waals surface area contributed by atoms with E-state index in [1.807, 2.05) is 70.8 Å². The molecule has 2 aliphatic heterocycles. The first-order valence-corrected chi connectivity index (χ1v) is 26.2. The molecule has 8 aromatic rings. The molecule has 0 spiro atoms. The minimum absolute atomic E-state index is 0.210. The second-order valence-corrected chi connectivity index (χ2v) is 18.8. The third-order valence-electron chi connectivity index (χ3n) is 11.6. The Balaban J connectivity index is 0.000000166. The summed E-state index contributed by atoms with van der Waals surface area (Å²) in [6.45, 7) is 4.90. The second-order valence-electron chi connectivity index (χ2n) is 16.1. The first-order chi connectivity index (χ1) is 35.0. The molecule has 4 heterocycles. The van der Waals surface area contributed by atoms with Gasteiger partial charge in [0.05, 0.1) is 32.1 Å². The molecule has 368 valence electrons. The standard InChI is InChI=1S/C26H23FN4O2S.C21H20BFN2O4.C5H5IN2S/c1-34-26-28-9-8-24(30-26)22-6-7-23(21-5-3-2-4-20(21)22)29-25(32)17-14-18(27)16-19(15-17)31-10-12-33-13-11-31;23-15-11-14(12-16(13-15)25-7-9-29-10-8-25)21(26)24-20-6-5-19(22(27)28)17-3-1-2-4-18(17)20;1-9-5-7-3-2-4(6)8-5/h2-9,14-16H,10-13H2,1H3,(H,29,32);1-6,11-13,27-28H,7-10H2,(H,24,26);2-3H,1H3. The van der Waals surface area contributed by atoms with Crippen molar-refractivity contribution < 1.29 is 37.9 Å². The SMILES string of the molecule is CSc1nccc(-c2ccc(NC(=O)c3cc(F)cc(N4CCOCC4)c3)c3ccccc23)n1.CSc1nccc(I)n1.O=C(Nc1ccc(B(O)O)c2ccccc12)c1cc(F)cc(N2CCOCC2)c1. The molecule has 20 heteroatoms. The van der Waals surface area contributed by atoms with E-state index < -0.39 is 24.7 Å². The number of amides is 2. The van der Waals surface area contributed by atoms with Crippen LogP contribution in [0.15, 0.2) is 144 Å². The van der Waals surface area contributed by atoms with Crippen LogP contribution in [-0.4, -0.2) is 114 Å². The quantitative estimate of drug-likeness (QED) is 0.0336. The number of nitrogens with one attached hydrogen (secondary N) is 2. The van der Waals surface area contributed by atoms with Crippen LogP contribution in [0, 0.1) is 15.3 Å². The Hall–Kier alpha value is -6.27. The zero-order valence-corrected chi connectivity index (χ0v) is 42.9. The number of halogens is 3. The fourth-order valence-corrected chi connectivity index (χ4v) is 9.37. The van der Waals surface area contributed by atoms with E-state index in [4.69, 9.17) is 9.47 Å². The molecule has 0 bridgehead atoms. The lowest BCUT2D eigenvalue weighted by Gasteiger charge is -2.29. The van der Waals surface area contributed by atoms with Gasteiger partial charge < -0.3 is 40.0 Å². The molecule has 2 amide bonds. The summed E-state index contributed by atoms with van der Waals surface area (Å²) in [5.74, 6) is -1.73. The van der Waals surface area contributed by atoms with Gasteiger partial charge in [0.1, 0.15) is 15.3 Å². The van der Waals surface area contributed by atoms with Gasteiger partial charge in [0.15, 0.2) is 10.3 Å². The molecule has 0 atom stereocenters. The van der Waals surface area contributed by atoms with Crippen LogP contribution in [0.5, 0.6) is 0 Å². The van der Waals surface area contributed by atoms with Crippen LogP contribution < -0.4 is 25.9 Å². The van der Waals surface area contributed by atoms with Gasteiger partial charge in [-0.2, -0.15) is 0 Å². The Morgan fingerprint density at radius 1 is 0.611 bits per heavy atom. The average Bonchev–Trinajstić information content (AvgIpc) is 3.41. The van der Waals surface area contributed by atoms with E-state index in [1.165, 1.54) is 36.0 Å². The third kappa shape index (κ3) is 13.2.